The van der Waals surface area contributed by atoms with Crippen LogP contribution in [0.25, 0.3) is 0 Å². The van der Waals surface area contributed by atoms with Crippen molar-refractivity contribution in [1.82, 2.24) is 15.0 Å². The van der Waals surface area contributed by atoms with Gasteiger partial charge in [-0.2, -0.15) is 0 Å². The van der Waals surface area contributed by atoms with E-state index in [1.165, 1.54) is 6.20 Å². The van der Waals surface area contributed by atoms with Crippen LogP contribution in [-0.2, 0) is 0 Å². The molecule has 110 valence electrons. The minimum absolute atomic E-state index is 0.0527. The van der Waals surface area contributed by atoms with E-state index >= 15 is 0 Å². The van der Waals surface area contributed by atoms with Crippen molar-refractivity contribution < 1.29 is 14.1 Å². The van der Waals surface area contributed by atoms with E-state index in [1.54, 1.807) is 30.9 Å². The molecule has 0 bridgehead atoms. The third kappa shape index (κ3) is 2.71. The first-order valence-electron chi connectivity index (χ1n) is 6.55. The molecule has 7 heteroatoms. The SMILES string of the molecule is Cc1noc(C)c1C(=O)N1CC(Oc2ccc(Cl)cn2)C1. The molecule has 2 aromatic rings. The number of halogens is 1. The zero-order valence-electron chi connectivity index (χ0n) is 11.7. The first-order valence-corrected chi connectivity index (χ1v) is 6.92. The quantitative estimate of drug-likeness (QED) is 0.870. The molecule has 1 aliphatic heterocycles. The highest BCUT2D eigenvalue weighted by molar-refractivity contribution is 6.30. The molecular weight excluding hydrogens is 294 g/mol. The van der Waals surface area contributed by atoms with Crippen LogP contribution in [0.2, 0.25) is 5.02 Å². The molecular formula is C14H14ClN3O3. The van der Waals surface area contributed by atoms with Gasteiger partial charge in [0.1, 0.15) is 17.4 Å². The molecule has 0 aromatic carbocycles. The topological polar surface area (TPSA) is 68.5 Å². The number of hydrogen-bond acceptors (Lipinski definition) is 5. The average molecular weight is 308 g/mol. The third-order valence-corrected chi connectivity index (χ3v) is 3.59. The predicted octanol–water partition coefficient (Wildman–Crippen LogP) is 2.24. The number of rotatable bonds is 3. The van der Waals surface area contributed by atoms with E-state index in [1.807, 2.05) is 0 Å². The van der Waals surface area contributed by atoms with Crippen molar-refractivity contribution in [3.63, 3.8) is 0 Å². The summed E-state index contributed by atoms with van der Waals surface area (Å²) in [6.45, 7) is 4.54. The number of hydrogen-bond donors (Lipinski definition) is 0. The fourth-order valence-electron chi connectivity index (χ4n) is 2.23. The normalized spacial score (nSPS) is 14.9. The molecule has 0 unspecified atom stereocenters. The van der Waals surface area contributed by atoms with Gasteiger partial charge in [0.2, 0.25) is 5.88 Å². The summed E-state index contributed by atoms with van der Waals surface area (Å²) in [4.78, 5) is 18.1. The van der Waals surface area contributed by atoms with Crippen LogP contribution in [0.1, 0.15) is 21.8 Å². The second kappa shape index (κ2) is 5.37. The van der Waals surface area contributed by atoms with Crippen molar-refractivity contribution in [3.8, 4) is 5.88 Å². The third-order valence-electron chi connectivity index (χ3n) is 3.37. The van der Waals surface area contributed by atoms with E-state index in [0.717, 1.165) is 0 Å². The molecule has 3 heterocycles. The van der Waals surface area contributed by atoms with Gasteiger partial charge in [0.25, 0.3) is 5.91 Å². The van der Waals surface area contributed by atoms with Gasteiger partial charge in [0, 0.05) is 12.3 Å². The smallest absolute Gasteiger partial charge is 0.259 e. The summed E-state index contributed by atoms with van der Waals surface area (Å²) in [5.41, 5.74) is 1.15. The summed E-state index contributed by atoms with van der Waals surface area (Å²) >= 11 is 5.76. The predicted molar refractivity (Wildman–Crippen MR) is 75.5 cm³/mol. The molecule has 0 radical (unpaired) electrons. The summed E-state index contributed by atoms with van der Waals surface area (Å²) in [6.07, 6.45) is 1.48. The lowest BCUT2D eigenvalue weighted by Crippen LogP contribution is -2.56. The molecule has 21 heavy (non-hydrogen) atoms. The van der Waals surface area contributed by atoms with Crippen LogP contribution in [0, 0.1) is 13.8 Å². The largest absolute Gasteiger partial charge is 0.471 e. The first-order chi connectivity index (χ1) is 10.0. The molecule has 1 amide bonds. The maximum atomic E-state index is 12.3. The van der Waals surface area contributed by atoms with Crippen LogP contribution in [0.5, 0.6) is 5.88 Å². The lowest BCUT2D eigenvalue weighted by atomic mass is 10.1. The van der Waals surface area contributed by atoms with Gasteiger partial charge in [-0.1, -0.05) is 16.8 Å². The maximum absolute atomic E-state index is 12.3. The van der Waals surface area contributed by atoms with Crippen molar-refractivity contribution in [1.29, 1.82) is 0 Å². The maximum Gasteiger partial charge on any atom is 0.259 e. The lowest BCUT2D eigenvalue weighted by Gasteiger charge is -2.38. The van der Waals surface area contributed by atoms with Crippen LogP contribution in [0.3, 0.4) is 0 Å². The Labute approximate surface area is 126 Å². The van der Waals surface area contributed by atoms with Crippen LogP contribution < -0.4 is 4.74 Å². The Morgan fingerprint density at radius 3 is 2.76 bits per heavy atom. The summed E-state index contributed by atoms with van der Waals surface area (Å²) in [5.74, 6) is 0.977. The lowest BCUT2D eigenvalue weighted by molar-refractivity contribution is 0.0158. The Morgan fingerprint density at radius 2 is 2.19 bits per heavy atom. The van der Waals surface area contributed by atoms with E-state index < -0.39 is 0 Å². The zero-order valence-corrected chi connectivity index (χ0v) is 12.4. The van der Waals surface area contributed by atoms with E-state index in [0.29, 0.717) is 41.0 Å². The minimum Gasteiger partial charge on any atom is -0.471 e. The van der Waals surface area contributed by atoms with Gasteiger partial charge in [-0.3, -0.25) is 4.79 Å². The second-order valence-corrected chi connectivity index (χ2v) is 5.40. The number of aryl methyl sites for hydroxylation is 2. The highest BCUT2D eigenvalue weighted by Gasteiger charge is 2.35. The van der Waals surface area contributed by atoms with Gasteiger partial charge in [-0.25, -0.2) is 4.98 Å². The van der Waals surface area contributed by atoms with Gasteiger partial charge in [0.15, 0.2) is 0 Å². The molecule has 0 saturated carbocycles. The molecule has 3 rings (SSSR count). The number of ether oxygens (including phenoxy) is 1. The zero-order chi connectivity index (χ0) is 15.0. The van der Waals surface area contributed by atoms with Crippen LogP contribution in [-0.4, -0.2) is 40.1 Å². The van der Waals surface area contributed by atoms with Gasteiger partial charge >= 0.3 is 0 Å². The van der Waals surface area contributed by atoms with Crippen molar-refractivity contribution in [2.45, 2.75) is 20.0 Å². The number of amides is 1. The fraction of sp³-hybridized carbons (Fsp3) is 0.357. The molecule has 2 aromatic heterocycles. The number of likely N-dealkylation sites (tertiary alicyclic amines) is 1. The molecule has 1 aliphatic rings. The highest BCUT2D eigenvalue weighted by atomic mass is 35.5. The molecule has 0 N–H and O–H groups in total. The molecule has 0 spiro atoms. The number of aromatic nitrogens is 2. The van der Waals surface area contributed by atoms with Crippen molar-refractivity contribution >= 4 is 17.5 Å². The summed E-state index contributed by atoms with van der Waals surface area (Å²) in [7, 11) is 0. The van der Waals surface area contributed by atoms with Gasteiger partial charge in [-0.05, 0) is 19.9 Å². The number of pyridine rings is 1. The number of carbonyl (C=O) groups excluding carboxylic acids is 1. The Hall–Kier alpha value is -2.08. The molecule has 1 saturated heterocycles. The van der Waals surface area contributed by atoms with Crippen molar-refractivity contribution in [2.24, 2.45) is 0 Å². The van der Waals surface area contributed by atoms with E-state index in [9.17, 15) is 4.79 Å². The average Bonchev–Trinajstić information content (AvgIpc) is 2.74. The number of carbonyl (C=O) groups is 1. The van der Waals surface area contributed by atoms with Crippen molar-refractivity contribution in [2.75, 3.05) is 13.1 Å². The molecule has 0 aliphatic carbocycles. The van der Waals surface area contributed by atoms with Gasteiger partial charge < -0.3 is 14.2 Å². The Bertz CT molecular complexity index is 643. The van der Waals surface area contributed by atoms with Crippen LogP contribution in [0.4, 0.5) is 0 Å². The van der Waals surface area contributed by atoms with E-state index in [4.69, 9.17) is 20.9 Å². The van der Waals surface area contributed by atoms with Crippen LogP contribution in [0.15, 0.2) is 22.9 Å². The minimum atomic E-state index is -0.0739. The Morgan fingerprint density at radius 1 is 1.43 bits per heavy atom. The van der Waals surface area contributed by atoms with Gasteiger partial charge in [-0.15, -0.1) is 0 Å². The Kier molecular flexibility index (Phi) is 3.55. The molecule has 6 nitrogen and oxygen atoms in total. The molecule has 1 fully saturated rings. The second-order valence-electron chi connectivity index (χ2n) is 4.96. The standard InChI is InChI=1S/C14H14ClN3O3/c1-8-13(9(2)21-17-8)14(19)18-6-11(7-18)20-12-4-3-10(15)5-16-12/h3-5,11H,6-7H2,1-2H3. The number of nitrogens with zero attached hydrogens (tertiary/aromatic N) is 3. The van der Waals surface area contributed by atoms with E-state index in [-0.39, 0.29) is 12.0 Å². The summed E-state index contributed by atoms with van der Waals surface area (Å²) in [5, 5.41) is 4.36. The first kappa shape index (κ1) is 13.9. The highest BCUT2D eigenvalue weighted by Crippen LogP contribution is 2.22. The summed E-state index contributed by atoms with van der Waals surface area (Å²) < 4.78 is 10.7. The Balaban J connectivity index is 1.58. The summed E-state index contributed by atoms with van der Waals surface area (Å²) in [6, 6.07) is 3.43. The van der Waals surface area contributed by atoms with Gasteiger partial charge in [0.05, 0.1) is 23.8 Å². The van der Waals surface area contributed by atoms with Crippen molar-refractivity contribution in [3.05, 3.63) is 40.4 Å². The van der Waals surface area contributed by atoms with Crippen LogP contribution >= 0.6 is 11.6 Å². The monoisotopic (exact) mass is 307 g/mol. The van der Waals surface area contributed by atoms with E-state index in [2.05, 4.69) is 10.1 Å². The fourth-order valence-corrected chi connectivity index (χ4v) is 2.34. The molecule has 0 atom stereocenters.